The second-order valence-electron chi connectivity index (χ2n) is 9.68. The van der Waals surface area contributed by atoms with Gasteiger partial charge in [-0.05, 0) is 29.3 Å². The van der Waals surface area contributed by atoms with Gasteiger partial charge in [-0.1, -0.05) is 0 Å². The topological polar surface area (TPSA) is 130 Å². The van der Waals surface area contributed by atoms with Gasteiger partial charge in [0.2, 0.25) is 5.43 Å². The van der Waals surface area contributed by atoms with Gasteiger partial charge >= 0.3 is 5.97 Å². The van der Waals surface area contributed by atoms with Crippen molar-refractivity contribution in [1.82, 2.24) is 19.9 Å². The maximum atomic E-state index is 14.5. The summed E-state index contributed by atoms with van der Waals surface area (Å²) in [6, 6.07) is 4.59. The Bertz CT molecular complexity index is 1700. The van der Waals surface area contributed by atoms with Crippen molar-refractivity contribution in [2.75, 3.05) is 44.5 Å². The van der Waals surface area contributed by atoms with Crippen LogP contribution < -0.4 is 21.4 Å². The second-order valence-corrected chi connectivity index (χ2v) is 9.68. The summed E-state index contributed by atoms with van der Waals surface area (Å²) >= 11 is 0. The van der Waals surface area contributed by atoms with E-state index < -0.39 is 11.4 Å². The minimum Gasteiger partial charge on any atom is -0.477 e. The number of carboxylic acids is 1. The molecule has 0 spiro atoms. The molecule has 1 atom stereocenters. The number of ether oxygens (including phenoxy) is 1. The third-order valence-electron chi connectivity index (χ3n) is 7.37. The minimum atomic E-state index is -1.30. The molecule has 10 nitrogen and oxygen atoms in total. The zero-order chi connectivity index (χ0) is 27.3. The minimum absolute atomic E-state index is 0.0488. The monoisotopic (exact) mass is 530 g/mol. The highest BCUT2D eigenvalue weighted by atomic mass is 19.1. The van der Waals surface area contributed by atoms with Gasteiger partial charge in [-0.25, -0.2) is 14.2 Å². The number of anilines is 2. The lowest BCUT2D eigenvalue weighted by molar-refractivity contribution is 0.0690. The number of carbonyl (C=O) groups is 1. The molecule has 0 radical (unpaired) electrons. The number of fused-ring (bicyclic) bond motifs is 4. The number of benzene rings is 1. The summed E-state index contributed by atoms with van der Waals surface area (Å²) in [5.74, 6) is -1.66. The molecule has 1 aromatic carbocycles. The van der Waals surface area contributed by atoms with Gasteiger partial charge in [0.1, 0.15) is 17.0 Å². The SMILES string of the molecule is CNc1cc(F)cc2c1Cc1ncc(-c3cnc4c(c3)c(=O)c(C(=O)O)cn4CC3COCCN3)c(NC)c1-2. The predicted molar refractivity (Wildman–Crippen MR) is 146 cm³/mol. The van der Waals surface area contributed by atoms with Crippen molar-refractivity contribution in [3.05, 3.63) is 69.7 Å². The van der Waals surface area contributed by atoms with Gasteiger partial charge in [0.25, 0.3) is 0 Å². The molecule has 2 aliphatic rings. The first-order valence-corrected chi connectivity index (χ1v) is 12.7. The molecule has 4 aromatic rings. The number of morpholine rings is 1. The predicted octanol–water partition coefficient (Wildman–Crippen LogP) is 2.94. The number of pyridine rings is 3. The molecular formula is C28H27FN6O4. The molecule has 200 valence electrons. The van der Waals surface area contributed by atoms with Crippen LogP contribution in [0.3, 0.4) is 0 Å². The highest BCUT2D eigenvalue weighted by Gasteiger charge is 2.28. The van der Waals surface area contributed by atoms with Crippen LogP contribution >= 0.6 is 0 Å². The summed E-state index contributed by atoms with van der Waals surface area (Å²) in [5.41, 5.74) is 5.45. The molecule has 0 saturated carbocycles. The fourth-order valence-corrected chi connectivity index (χ4v) is 5.58. The lowest BCUT2D eigenvalue weighted by Crippen LogP contribution is -2.44. The van der Waals surface area contributed by atoms with Crippen LogP contribution in [0.4, 0.5) is 15.8 Å². The van der Waals surface area contributed by atoms with Crippen LogP contribution in [0.25, 0.3) is 33.3 Å². The van der Waals surface area contributed by atoms with Gasteiger partial charge in [-0.15, -0.1) is 0 Å². The average molecular weight is 531 g/mol. The number of aromatic carboxylic acids is 1. The van der Waals surface area contributed by atoms with Crippen LogP contribution in [0.2, 0.25) is 0 Å². The zero-order valence-corrected chi connectivity index (χ0v) is 21.5. The molecule has 1 fully saturated rings. The van der Waals surface area contributed by atoms with E-state index >= 15 is 0 Å². The molecule has 1 saturated heterocycles. The fourth-order valence-electron chi connectivity index (χ4n) is 5.58. The summed E-state index contributed by atoms with van der Waals surface area (Å²) in [6.45, 7) is 2.16. The Balaban J connectivity index is 1.52. The molecule has 39 heavy (non-hydrogen) atoms. The van der Waals surface area contributed by atoms with Crippen molar-refractivity contribution in [3.63, 3.8) is 0 Å². The van der Waals surface area contributed by atoms with Gasteiger partial charge in [0.15, 0.2) is 0 Å². The van der Waals surface area contributed by atoms with Gasteiger partial charge in [-0.3, -0.25) is 9.78 Å². The van der Waals surface area contributed by atoms with E-state index in [4.69, 9.17) is 4.74 Å². The normalized spacial score (nSPS) is 16.1. The number of hydrogen-bond donors (Lipinski definition) is 4. The lowest BCUT2D eigenvalue weighted by atomic mass is 9.98. The number of carboxylic acid groups (broad SMARTS) is 1. The van der Waals surface area contributed by atoms with Crippen molar-refractivity contribution < 1.29 is 19.0 Å². The van der Waals surface area contributed by atoms with E-state index in [0.29, 0.717) is 55.2 Å². The molecule has 6 rings (SSSR count). The van der Waals surface area contributed by atoms with Crippen molar-refractivity contribution in [2.45, 2.75) is 19.0 Å². The van der Waals surface area contributed by atoms with Crippen LogP contribution in [-0.2, 0) is 17.7 Å². The maximum absolute atomic E-state index is 14.5. The van der Waals surface area contributed by atoms with E-state index in [1.54, 1.807) is 37.1 Å². The number of nitrogens with one attached hydrogen (secondary N) is 3. The van der Waals surface area contributed by atoms with E-state index in [-0.39, 0.29) is 22.8 Å². The number of halogens is 1. The van der Waals surface area contributed by atoms with Gasteiger partial charge in [0, 0.05) is 80.6 Å². The van der Waals surface area contributed by atoms with E-state index in [2.05, 4.69) is 25.9 Å². The molecule has 4 heterocycles. The Morgan fingerprint density at radius 2 is 2.05 bits per heavy atom. The number of nitrogens with zero attached hydrogens (tertiary/aromatic N) is 3. The first-order valence-electron chi connectivity index (χ1n) is 12.7. The second kappa shape index (κ2) is 9.75. The van der Waals surface area contributed by atoms with Crippen molar-refractivity contribution in [1.29, 1.82) is 0 Å². The Morgan fingerprint density at radius 3 is 2.77 bits per heavy atom. The summed E-state index contributed by atoms with van der Waals surface area (Å²) in [5, 5.41) is 19.6. The molecule has 1 unspecified atom stereocenters. The van der Waals surface area contributed by atoms with Crippen molar-refractivity contribution in [2.24, 2.45) is 0 Å². The highest BCUT2D eigenvalue weighted by molar-refractivity contribution is 5.98. The van der Waals surface area contributed by atoms with E-state index in [0.717, 1.165) is 28.1 Å². The average Bonchev–Trinajstić information content (AvgIpc) is 3.32. The molecule has 1 aliphatic heterocycles. The Labute approximate surface area is 222 Å². The van der Waals surface area contributed by atoms with Gasteiger partial charge < -0.3 is 30.4 Å². The smallest absolute Gasteiger partial charge is 0.341 e. The molecular weight excluding hydrogens is 503 g/mol. The first kappa shape index (κ1) is 25.0. The Morgan fingerprint density at radius 1 is 1.21 bits per heavy atom. The van der Waals surface area contributed by atoms with Crippen LogP contribution in [0.15, 0.2) is 41.6 Å². The quantitative estimate of drug-likeness (QED) is 0.262. The summed E-state index contributed by atoms with van der Waals surface area (Å²) < 4.78 is 21.7. The fraction of sp³-hybridized carbons (Fsp3) is 0.286. The zero-order valence-electron chi connectivity index (χ0n) is 21.5. The highest BCUT2D eigenvalue weighted by Crippen LogP contribution is 2.47. The largest absolute Gasteiger partial charge is 0.477 e. The molecule has 4 N–H and O–H groups in total. The first-order chi connectivity index (χ1) is 18.9. The van der Waals surface area contributed by atoms with E-state index in [9.17, 15) is 19.1 Å². The lowest BCUT2D eigenvalue weighted by Gasteiger charge is -2.25. The van der Waals surface area contributed by atoms with E-state index in [1.807, 2.05) is 0 Å². The van der Waals surface area contributed by atoms with Gasteiger partial charge in [0.05, 0.1) is 30.0 Å². The standard InChI is InChI=1S/C28H27FN6O4/c1-30-22-7-15(29)6-18-17(22)8-23-24(18)25(31-2)20(10-33-23)14-5-19-26(36)21(28(37)38)12-35(27(19)34-9-14)11-16-13-39-4-3-32-16/h5-7,9-10,12,16,30,32H,3-4,8,11,13H2,1-2H3,(H,31,33)(H,37,38). The summed E-state index contributed by atoms with van der Waals surface area (Å²) in [7, 11) is 3.53. The van der Waals surface area contributed by atoms with Crippen molar-refractivity contribution >= 4 is 28.4 Å². The Hall–Kier alpha value is -4.35. The third kappa shape index (κ3) is 4.19. The molecule has 3 aromatic heterocycles. The summed E-state index contributed by atoms with van der Waals surface area (Å²) in [4.78, 5) is 34.5. The molecule has 0 bridgehead atoms. The maximum Gasteiger partial charge on any atom is 0.341 e. The number of aromatic nitrogens is 3. The molecule has 0 amide bonds. The summed E-state index contributed by atoms with van der Waals surface area (Å²) in [6.07, 6.45) is 5.25. The van der Waals surface area contributed by atoms with Gasteiger partial charge in [-0.2, -0.15) is 0 Å². The van der Waals surface area contributed by atoms with Crippen LogP contribution in [-0.4, -0.2) is 65.5 Å². The number of rotatable bonds is 6. The third-order valence-corrected chi connectivity index (χ3v) is 7.37. The molecule has 1 aliphatic carbocycles. The van der Waals surface area contributed by atoms with Crippen LogP contribution in [0, 0.1) is 5.82 Å². The van der Waals surface area contributed by atoms with E-state index in [1.165, 1.54) is 18.3 Å². The van der Waals surface area contributed by atoms with Crippen LogP contribution in [0.1, 0.15) is 21.6 Å². The van der Waals surface area contributed by atoms with Crippen LogP contribution in [0.5, 0.6) is 0 Å². The molecule has 11 heteroatoms. The Kier molecular flexibility index (Phi) is 6.24. The van der Waals surface area contributed by atoms with Crippen molar-refractivity contribution in [3.8, 4) is 22.3 Å². The number of hydrogen-bond acceptors (Lipinski definition) is 8.